The molecule has 1 N–H and O–H groups in total. The van der Waals surface area contributed by atoms with Crippen LogP contribution in [-0.4, -0.2) is 12.2 Å². The van der Waals surface area contributed by atoms with Crippen LogP contribution >= 0.6 is 0 Å². The van der Waals surface area contributed by atoms with Crippen molar-refractivity contribution in [3.63, 3.8) is 0 Å². The van der Waals surface area contributed by atoms with E-state index in [0.29, 0.717) is 5.92 Å². The molecule has 0 heterocycles. The van der Waals surface area contributed by atoms with Gasteiger partial charge in [0.15, 0.2) is 0 Å². The summed E-state index contributed by atoms with van der Waals surface area (Å²) in [7, 11) is 0. The normalized spacial score (nSPS) is 37.7. The largest absolute Gasteiger partial charge is 0.446 e. The van der Waals surface area contributed by atoms with Crippen molar-refractivity contribution >= 4 is 11.8 Å². The van der Waals surface area contributed by atoms with Crippen molar-refractivity contribution in [3.8, 4) is 0 Å². The smallest absolute Gasteiger partial charge is 0.411 e. The molecule has 0 radical (unpaired) electrons. The molecule has 1 aromatic rings. The molecule has 20 heavy (non-hydrogen) atoms. The molecule has 1 aromatic carbocycles. The van der Waals surface area contributed by atoms with Gasteiger partial charge < -0.3 is 4.74 Å². The number of amides is 1. The van der Waals surface area contributed by atoms with E-state index in [1.165, 1.54) is 25.7 Å². The van der Waals surface area contributed by atoms with Crippen LogP contribution in [0.5, 0.6) is 0 Å². The topological polar surface area (TPSA) is 38.3 Å². The molecule has 0 spiro atoms. The van der Waals surface area contributed by atoms with Crippen molar-refractivity contribution in [3.05, 3.63) is 30.3 Å². The summed E-state index contributed by atoms with van der Waals surface area (Å²) in [6.07, 6.45) is 6.39. The van der Waals surface area contributed by atoms with E-state index >= 15 is 0 Å². The van der Waals surface area contributed by atoms with Gasteiger partial charge in [0, 0.05) is 5.69 Å². The predicted octanol–water partition coefficient (Wildman–Crippen LogP) is 4.06. The van der Waals surface area contributed by atoms with Gasteiger partial charge in [0.25, 0.3) is 0 Å². The Bertz CT molecular complexity index is 501. The lowest BCUT2D eigenvalue weighted by Crippen LogP contribution is -2.33. The van der Waals surface area contributed by atoms with Crippen LogP contribution in [0.1, 0.15) is 32.1 Å². The molecule has 0 aliphatic heterocycles. The van der Waals surface area contributed by atoms with E-state index in [1.807, 2.05) is 30.3 Å². The van der Waals surface area contributed by atoms with Crippen LogP contribution in [0.2, 0.25) is 0 Å². The second-order valence-electron chi connectivity index (χ2n) is 6.59. The predicted molar refractivity (Wildman–Crippen MR) is 77.4 cm³/mol. The zero-order valence-electron chi connectivity index (χ0n) is 11.6. The Morgan fingerprint density at radius 1 is 1.05 bits per heavy atom. The van der Waals surface area contributed by atoms with Crippen LogP contribution in [0.25, 0.3) is 0 Å². The zero-order valence-corrected chi connectivity index (χ0v) is 11.6. The molecule has 3 fully saturated rings. The molecule has 106 valence electrons. The third-order valence-electron chi connectivity index (χ3n) is 5.65. The number of hydrogen-bond donors (Lipinski definition) is 1. The van der Waals surface area contributed by atoms with Crippen molar-refractivity contribution < 1.29 is 9.53 Å². The highest BCUT2D eigenvalue weighted by molar-refractivity contribution is 5.84. The minimum Gasteiger partial charge on any atom is -0.446 e. The Morgan fingerprint density at radius 2 is 1.85 bits per heavy atom. The molecular weight excluding hydrogens is 250 g/mol. The van der Waals surface area contributed by atoms with Crippen molar-refractivity contribution in [1.29, 1.82) is 0 Å². The Labute approximate surface area is 119 Å². The average Bonchev–Trinajstić information content (AvgIpc) is 3.11. The molecular formula is C17H21NO2. The van der Waals surface area contributed by atoms with Gasteiger partial charge in [-0.3, -0.25) is 5.32 Å². The first-order chi connectivity index (χ1) is 9.81. The Hall–Kier alpha value is -1.51. The standard InChI is InChI=1S/C17H21NO2/c19-17(18-12-5-2-1-3-6-12)20-16-10-11-9-15(16)14-8-4-7-13(11)14/h1-3,5-6,11,13-16H,4,7-10H2,(H,18,19)/t11-,13-,14+,15-,16+/m1/s1. The third kappa shape index (κ3) is 2.00. The molecule has 4 rings (SSSR count). The lowest BCUT2D eigenvalue weighted by atomic mass is 9.80. The summed E-state index contributed by atoms with van der Waals surface area (Å²) in [5.74, 6) is 3.23. The van der Waals surface area contributed by atoms with E-state index < -0.39 is 0 Å². The Morgan fingerprint density at radius 3 is 2.70 bits per heavy atom. The maximum Gasteiger partial charge on any atom is 0.411 e. The highest BCUT2D eigenvalue weighted by Crippen LogP contribution is 2.59. The molecule has 0 saturated heterocycles. The van der Waals surface area contributed by atoms with Gasteiger partial charge in [-0.15, -0.1) is 0 Å². The molecule has 1 amide bonds. The highest BCUT2D eigenvalue weighted by atomic mass is 16.6. The van der Waals surface area contributed by atoms with E-state index in [-0.39, 0.29) is 12.2 Å². The minimum absolute atomic E-state index is 0.156. The zero-order chi connectivity index (χ0) is 13.5. The van der Waals surface area contributed by atoms with Crippen LogP contribution in [0.15, 0.2) is 30.3 Å². The van der Waals surface area contributed by atoms with Crippen LogP contribution < -0.4 is 5.32 Å². The van der Waals surface area contributed by atoms with Crippen molar-refractivity contribution in [2.45, 2.75) is 38.2 Å². The fraction of sp³-hybridized carbons (Fsp3) is 0.588. The lowest BCUT2D eigenvalue weighted by Gasteiger charge is -2.31. The summed E-state index contributed by atoms with van der Waals surface area (Å²) < 4.78 is 5.71. The number of nitrogens with one attached hydrogen (secondary N) is 1. The van der Waals surface area contributed by atoms with E-state index in [0.717, 1.165) is 29.9 Å². The van der Waals surface area contributed by atoms with Crippen LogP contribution in [0, 0.1) is 23.7 Å². The van der Waals surface area contributed by atoms with Crippen LogP contribution in [0.4, 0.5) is 10.5 Å². The number of carbonyl (C=O) groups is 1. The molecule has 5 atom stereocenters. The van der Waals surface area contributed by atoms with Crippen molar-refractivity contribution in [2.24, 2.45) is 23.7 Å². The minimum atomic E-state index is -0.289. The number of carbonyl (C=O) groups excluding carboxylic acids is 1. The van der Waals surface area contributed by atoms with Gasteiger partial charge in [0.2, 0.25) is 0 Å². The van der Waals surface area contributed by atoms with Gasteiger partial charge in [-0.1, -0.05) is 24.6 Å². The summed E-state index contributed by atoms with van der Waals surface area (Å²) in [5, 5.41) is 2.83. The maximum absolute atomic E-state index is 12.0. The average molecular weight is 271 g/mol. The molecule has 3 nitrogen and oxygen atoms in total. The monoisotopic (exact) mass is 271 g/mol. The van der Waals surface area contributed by atoms with Crippen LogP contribution in [-0.2, 0) is 4.74 Å². The number of fused-ring (bicyclic) bond motifs is 5. The highest BCUT2D eigenvalue weighted by Gasteiger charge is 2.55. The van der Waals surface area contributed by atoms with Gasteiger partial charge in [0.1, 0.15) is 6.10 Å². The Kier molecular flexibility index (Phi) is 2.94. The molecule has 3 aliphatic rings. The SMILES string of the molecule is O=C(Nc1ccccc1)O[C@H]1C[C@H]2C[C@@H]1[C@H]1CCC[C@H]21. The number of hydrogen-bond acceptors (Lipinski definition) is 2. The molecule has 3 heteroatoms. The summed E-state index contributed by atoms with van der Waals surface area (Å²) >= 11 is 0. The summed E-state index contributed by atoms with van der Waals surface area (Å²) in [5.41, 5.74) is 0.805. The van der Waals surface area contributed by atoms with Gasteiger partial charge in [-0.05, 0) is 61.5 Å². The quantitative estimate of drug-likeness (QED) is 0.881. The number of para-hydroxylation sites is 1. The molecule has 0 aromatic heterocycles. The second kappa shape index (κ2) is 4.80. The van der Waals surface area contributed by atoms with E-state index in [1.54, 1.807) is 0 Å². The Balaban J connectivity index is 1.37. The number of ether oxygens (including phenoxy) is 1. The summed E-state index contributed by atoms with van der Waals surface area (Å²) in [4.78, 5) is 12.0. The van der Waals surface area contributed by atoms with E-state index in [9.17, 15) is 4.79 Å². The lowest BCUT2D eigenvalue weighted by molar-refractivity contribution is 0.0431. The molecule has 2 bridgehead atoms. The van der Waals surface area contributed by atoms with E-state index in [2.05, 4.69) is 5.32 Å². The fourth-order valence-electron chi connectivity index (χ4n) is 4.95. The third-order valence-corrected chi connectivity index (χ3v) is 5.65. The van der Waals surface area contributed by atoms with E-state index in [4.69, 9.17) is 4.74 Å². The summed E-state index contributed by atoms with van der Waals surface area (Å²) in [6.45, 7) is 0. The fourth-order valence-corrected chi connectivity index (χ4v) is 4.95. The number of anilines is 1. The summed E-state index contributed by atoms with van der Waals surface area (Å²) in [6, 6.07) is 9.53. The van der Waals surface area contributed by atoms with Gasteiger partial charge in [-0.2, -0.15) is 0 Å². The van der Waals surface area contributed by atoms with Gasteiger partial charge >= 0.3 is 6.09 Å². The molecule has 0 unspecified atom stereocenters. The van der Waals surface area contributed by atoms with Gasteiger partial charge in [-0.25, -0.2) is 4.79 Å². The first-order valence-electron chi connectivity index (χ1n) is 7.84. The van der Waals surface area contributed by atoms with Crippen LogP contribution in [0.3, 0.4) is 0 Å². The number of rotatable bonds is 2. The first-order valence-corrected chi connectivity index (χ1v) is 7.84. The van der Waals surface area contributed by atoms with Crippen molar-refractivity contribution in [2.75, 3.05) is 5.32 Å². The second-order valence-corrected chi connectivity index (χ2v) is 6.59. The van der Waals surface area contributed by atoms with Crippen molar-refractivity contribution in [1.82, 2.24) is 0 Å². The number of benzene rings is 1. The maximum atomic E-state index is 12.0. The first kappa shape index (κ1) is 12.2. The van der Waals surface area contributed by atoms with Gasteiger partial charge in [0.05, 0.1) is 0 Å². The molecule has 3 aliphatic carbocycles. The molecule has 3 saturated carbocycles.